The smallest absolute Gasteiger partial charge is 0.236 e. The Balaban J connectivity index is 1.37. The van der Waals surface area contributed by atoms with Crippen LogP contribution in [0, 0.1) is 0 Å². The van der Waals surface area contributed by atoms with Gasteiger partial charge in [0.05, 0.1) is 13.0 Å². The number of likely N-dealkylation sites (tertiary alicyclic amines) is 1. The van der Waals surface area contributed by atoms with Crippen molar-refractivity contribution in [2.45, 2.75) is 25.3 Å². The van der Waals surface area contributed by atoms with E-state index >= 15 is 0 Å². The van der Waals surface area contributed by atoms with Gasteiger partial charge in [-0.25, -0.2) is 0 Å². The molecule has 2 aliphatic heterocycles. The average Bonchev–Trinajstić information content (AvgIpc) is 2.75. The maximum atomic E-state index is 12.8. The molecule has 5 heteroatoms. The molecule has 2 heterocycles. The highest BCUT2D eigenvalue weighted by atomic mass is 16.2. The number of nitrogens with one attached hydrogen (secondary N) is 1. The van der Waals surface area contributed by atoms with Gasteiger partial charge in [0.15, 0.2) is 0 Å². The molecule has 2 fully saturated rings. The van der Waals surface area contributed by atoms with Crippen molar-refractivity contribution < 1.29 is 9.59 Å². The minimum absolute atomic E-state index is 0.153. The maximum Gasteiger partial charge on any atom is 0.236 e. The summed E-state index contributed by atoms with van der Waals surface area (Å²) in [5, 5.41) is 3.11. The quantitative estimate of drug-likeness (QED) is 0.890. The minimum Gasteiger partial charge on any atom is -0.340 e. The number of amides is 2. The Labute approximate surface area is 166 Å². The van der Waals surface area contributed by atoms with Crippen LogP contribution in [0.2, 0.25) is 0 Å². The van der Waals surface area contributed by atoms with Crippen molar-refractivity contribution in [1.29, 1.82) is 0 Å². The number of benzene rings is 2. The summed E-state index contributed by atoms with van der Waals surface area (Å²) in [6.07, 6.45) is 2.36. The summed E-state index contributed by atoms with van der Waals surface area (Å²) in [4.78, 5) is 28.9. The molecule has 4 rings (SSSR count). The van der Waals surface area contributed by atoms with Gasteiger partial charge >= 0.3 is 0 Å². The van der Waals surface area contributed by atoms with Gasteiger partial charge < -0.3 is 15.1 Å². The van der Waals surface area contributed by atoms with Crippen LogP contribution < -0.4 is 5.32 Å². The molecule has 0 spiro atoms. The second kappa shape index (κ2) is 8.57. The normalized spacial score (nSPS) is 20.3. The van der Waals surface area contributed by atoms with Crippen LogP contribution in [0.4, 0.5) is 0 Å². The fourth-order valence-electron chi connectivity index (χ4n) is 4.18. The summed E-state index contributed by atoms with van der Waals surface area (Å²) >= 11 is 0. The fraction of sp³-hybridized carbons (Fsp3) is 0.391. The molecule has 2 saturated heterocycles. The summed E-state index contributed by atoms with van der Waals surface area (Å²) in [5.41, 5.74) is 3.37. The van der Waals surface area contributed by atoms with Crippen LogP contribution in [0.25, 0.3) is 11.1 Å². The third kappa shape index (κ3) is 4.25. The molecule has 2 amide bonds. The summed E-state index contributed by atoms with van der Waals surface area (Å²) < 4.78 is 0. The number of piperazine rings is 1. The van der Waals surface area contributed by atoms with Gasteiger partial charge in [-0.15, -0.1) is 0 Å². The predicted molar refractivity (Wildman–Crippen MR) is 110 cm³/mol. The number of nitrogens with zero attached hydrogens (tertiary/aromatic N) is 2. The molecule has 0 aromatic heterocycles. The molecule has 0 bridgehead atoms. The van der Waals surface area contributed by atoms with Crippen LogP contribution in [0.15, 0.2) is 54.6 Å². The summed E-state index contributed by atoms with van der Waals surface area (Å²) in [6, 6.07) is 18.7. The molecule has 1 unspecified atom stereocenters. The molecule has 28 heavy (non-hydrogen) atoms. The summed E-state index contributed by atoms with van der Waals surface area (Å²) in [5.74, 6) is 0.307. The van der Waals surface area contributed by atoms with Gasteiger partial charge in [0.1, 0.15) is 0 Å². The Morgan fingerprint density at radius 1 is 1.00 bits per heavy atom. The Morgan fingerprint density at radius 3 is 2.50 bits per heavy atom. The van der Waals surface area contributed by atoms with Crippen molar-refractivity contribution in [3.63, 3.8) is 0 Å². The molecule has 2 aliphatic rings. The monoisotopic (exact) mass is 377 g/mol. The van der Waals surface area contributed by atoms with E-state index in [0.717, 1.165) is 43.6 Å². The second-order valence-corrected chi connectivity index (χ2v) is 7.64. The van der Waals surface area contributed by atoms with Crippen molar-refractivity contribution in [2.24, 2.45) is 0 Å². The SMILES string of the molecule is O=C(Cc1ccc(-c2ccccc2)cc1)N1CCCC(N2CCNCC2=O)C1. The molecule has 1 N–H and O–H groups in total. The summed E-state index contributed by atoms with van der Waals surface area (Å²) in [7, 11) is 0. The van der Waals surface area contributed by atoms with E-state index in [0.29, 0.717) is 19.5 Å². The van der Waals surface area contributed by atoms with Crippen molar-refractivity contribution in [1.82, 2.24) is 15.1 Å². The first kappa shape index (κ1) is 18.7. The highest BCUT2D eigenvalue weighted by molar-refractivity contribution is 5.81. The zero-order valence-electron chi connectivity index (χ0n) is 16.1. The van der Waals surface area contributed by atoms with Crippen LogP contribution >= 0.6 is 0 Å². The molecule has 1 atom stereocenters. The lowest BCUT2D eigenvalue weighted by atomic mass is 10.0. The van der Waals surface area contributed by atoms with Crippen LogP contribution in [0.1, 0.15) is 18.4 Å². The number of carbonyl (C=O) groups is 2. The Hall–Kier alpha value is -2.66. The Morgan fingerprint density at radius 2 is 1.75 bits per heavy atom. The number of carbonyl (C=O) groups excluding carboxylic acids is 2. The molecule has 2 aromatic carbocycles. The fourth-order valence-corrected chi connectivity index (χ4v) is 4.18. The zero-order chi connectivity index (χ0) is 19.3. The predicted octanol–water partition coefficient (Wildman–Crippen LogP) is 2.32. The van der Waals surface area contributed by atoms with Gasteiger partial charge in [-0.05, 0) is 29.5 Å². The van der Waals surface area contributed by atoms with Crippen LogP contribution in [0.3, 0.4) is 0 Å². The van der Waals surface area contributed by atoms with Gasteiger partial charge in [0.25, 0.3) is 0 Å². The maximum absolute atomic E-state index is 12.8. The van der Waals surface area contributed by atoms with E-state index in [1.54, 1.807) is 0 Å². The van der Waals surface area contributed by atoms with E-state index in [2.05, 4.69) is 29.6 Å². The largest absolute Gasteiger partial charge is 0.340 e. The lowest BCUT2D eigenvalue weighted by Gasteiger charge is -2.41. The van der Waals surface area contributed by atoms with E-state index < -0.39 is 0 Å². The number of rotatable bonds is 4. The first-order valence-corrected chi connectivity index (χ1v) is 10.1. The molecule has 0 radical (unpaired) electrons. The molecule has 146 valence electrons. The number of hydrogen-bond acceptors (Lipinski definition) is 3. The lowest BCUT2D eigenvalue weighted by molar-refractivity contribution is -0.140. The lowest BCUT2D eigenvalue weighted by Crippen LogP contribution is -2.57. The Bertz CT molecular complexity index is 820. The Kier molecular flexibility index (Phi) is 5.72. The van der Waals surface area contributed by atoms with E-state index in [4.69, 9.17) is 0 Å². The van der Waals surface area contributed by atoms with Gasteiger partial charge in [0, 0.05) is 32.2 Å². The van der Waals surface area contributed by atoms with Gasteiger partial charge in [0.2, 0.25) is 11.8 Å². The first-order chi connectivity index (χ1) is 13.7. The molecular weight excluding hydrogens is 350 g/mol. The van der Waals surface area contributed by atoms with Crippen molar-refractivity contribution >= 4 is 11.8 Å². The highest BCUT2D eigenvalue weighted by Crippen LogP contribution is 2.21. The number of hydrogen-bond donors (Lipinski definition) is 1. The van der Waals surface area contributed by atoms with Crippen LogP contribution in [0.5, 0.6) is 0 Å². The number of piperidine rings is 1. The molecule has 0 aliphatic carbocycles. The van der Waals surface area contributed by atoms with E-state index in [1.807, 2.05) is 40.1 Å². The molecule has 5 nitrogen and oxygen atoms in total. The highest BCUT2D eigenvalue weighted by Gasteiger charge is 2.31. The van der Waals surface area contributed by atoms with Crippen LogP contribution in [-0.2, 0) is 16.0 Å². The van der Waals surface area contributed by atoms with E-state index in [1.165, 1.54) is 5.56 Å². The zero-order valence-corrected chi connectivity index (χ0v) is 16.1. The van der Waals surface area contributed by atoms with Gasteiger partial charge in [-0.2, -0.15) is 0 Å². The van der Waals surface area contributed by atoms with Gasteiger partial charge in [-0.3, -0.25) is 9.59 Å². The van der Waals surface area contributed by atoms with Crippen molar-refractivity contribution in [2.75, 3.05) is 32.7 Å². The minimum atomic E-state index is 0.153. The van der Waals surface area contributed by atoms with E-state index in [-0.39, 0.29) is 17.9 Å². The van der Waals surface area contributed by atoms with Crippen molar-refractivity contribution in [3.8, 4) is 11.1 Å². The molecule has 2 aromatic rings. The second-order valence-electron chi connectivity index (χ2n) is 7.64. The standard InChI is InChI=1S/C23H27N3O2/c27-22(15-18-8-10-20(11-9-18)19-5-2-1-3-6-19)25-13-4-7-21(17-25)26-14-12-24-16-23(26)28/h1-3,5-6,8-11,21,24H,4,7,12-17H2. The molecular formula is C23H27N3O2. The first-order valence-electron chi connectivity index (χ1n) is 10.1. The summed E-state index contributed by atoms with van der Waals surface area (Å²) in [6.45, 7) is 3.44. The third-order valence-corrected chi connectivity index (χ3v) is 5.73. The van der Waals surface area contributed by atoms with E-state index in [9.17, 15) is 9.59 Å². The van der Waals surface area contributed by atoms with Crippen molar-refractivity contribution in [3.05, 3.63) is 60.2 Å². The van der Waals surface area contributed by atoms with Gasteiger partial charge in [-0.1, -0.05) is 54.6 Å². The average molecular weight is 377 g/mol. The topological polar surface area (TPSA) is 52.7 Å². The molecule has 0 saturated carbocycles. The third-order valence-electron chi connectivity index (χ3n) is 5.73. The van der Waals surface area contributed by atoms with Crippen LogP contribution in [-0.4, -0.2) is 60.4 Å².